The summed E-state index contributed by atoms with van der Waals surface area (Å²) in [4.78, 5) is 0. The summed E-state index contributed by atoms with van der Waals surface area (Å²) in [6, 6.07) is 4.56. The van der Waals surface area contributed by atoms with Crippen LogP contribution in [-0.4, -0.2) is 17.3 Å². The molecule has 0 amide bonds. The van der Waals surface area contributed by atoms with Crippen molar-refractivity contribution in [3.63, 3.8) is 0 Å². The van der Waals surface area contributed by atoms with Crippen LogP contribution in [0, 0.1) is 5.82 Å². The minimum Gasteiger partial charge on any atom is -0.487 e. The fraction of sp³-hybridized carbons (Fsp3) is 0.538. The van der Waals surface area contributed by atoms with Gasteiger partial charge in [0.1, 0.15) is 17.7 Å². The maximum Gasteiger partial charge on any atom is 0.125 e. The van der Waals surface area contributed by atoms with Gasteiger partial charge in [0.25, 0.3) is 0 Å². The van der Waals surface area contributed by atoms with Gasteiger partial charge in [0.2, 0.25) is 0 Å². The van der Waals surface area contributed by atoms with Crippen LogP contribution < -0.4 is 4.74 Å². The number of aliphatic hydroxyl groups is 1. The van der Waals surface area contributed by atoms with Crippen molar-refractivity contribution in [1.29, 1.82) is 0 Å². The number of aryl methyl sites for hydroxylation is 1. The molecule has 0 saturated heterocycles. The zero-order valence-corrected chi connectivity index (χ0v) is 9.45. The summed E-state index contributed by atoms with van der Waals surface area (Å²) in [6.45, 7) is 2.04. The molecule has 0 bridgehead atoms. The number of benzene rings is 1. The van der Waals surface area contributed by atoms with Gasteiger partial charge in [0.15, 0.2) is 0 Å². The van der Waals surface area contributed by atoms with Crippen molar-refractivity contribution in [1.82, 2.24) is 0 Å². The SMILES string of the molecule is CCCC(O)C1CCc2cc(F)ccc2O1. The number of aliphatic hydroxyl groups excluding tert-OH is 1. The van der Waals surface area contributed by atoms with E-state index in [1.807, 2.05) is 6.92 Å². The normalized spacial score (nSPS) is 21.1. The van der Waals surface area contributed by atoms with E-state index in [2.05, 4.69) is 0 Å². The molecule has 0 radical (unpaired) electrons. The first-order chi connectivity index (χ1) is 7.70. The number of rotatable bonds is 3. The maximum atomic E-state index is 13.0. The van der Waals surface area contributed by atoms with Crippen molar-refractivity contribution < 1.29 is 14.2 Å². The molecule has 3 heteroatoms. The Kier molecular flexibility index (Phi) is 3.44. The summed E-state index contributed by atoms with van der Waals surface area (Å²) in [7, 11) is 0. The van der Waals surface area contributed by atoms with E-state index >= 15 is 0 Å². The zero-order chi connectivity index (χ0) is 11.5. The summed E-state index contributed by atoms with van der Waals surface area (Å²) in [6.07, 6.45) is 2.68. The Morgan fingerprint density at radius 1 is 1.56 bits per heavy atom. The number of hydrogen-bond acceptors (Lipinski definition) is 2. The lowest BCUT2D eigenvalue weighted by Gasteiger charge is -2.29. The summed E-state index contributed by atoms with van der Waals surface area (Å²) in [5.74, 6) is 0.489. The molecule has 88 valence electrons. The molecule has 2 nitrogen and oxygen atoms in total. The van der Waals surface area contributed by atoms with E-state index in [-0.39, 0.29) is 11.9 Å². The first-order valence-corrected chi connectivity index (χ1v) is 5.84. The second-order valence-corrected chi connectivity index (χ2v) is 4.30. The van der Waals surface area contributed by atoms with E-state index in [9.17, 15) is 9.50 Å². The quantitative estimate of drug-likeness (QED) is 0.855. The number of halogens is 1. The van der Waals surface area contributed by atoms with Gasteiger partial charge in [-0.2, -0.15) is 0 Å². The highest BCUT2D eigenvalue weighted by molar-refractivity contribution is 5.35. The van der Waals surface area contributed by atoms with Gasteiger partial charge < -0.3 is 9.84 Å². The van der Waals surface area contributed by atoms with Crippen LogP contribution in [0.3, 0.4) is 0 Å². The summed E-state index contributed by atoms with van der Waals surface area (Å²) in [5.41, 5.74) is 0.903. The van der Waals surface area contributed by atoms with Gasteiger partial charge in [-0.05, 0) is 43.0 Å². The molecule has 0 aliphatic carbocycles. The van der Waals surface area contributed by atoms with Crippen molar-refractivity contribution in [2.24, 2.45) is 0 Å². The zero-order valence-electron chi connectivity index (χ0n) is 9.45. The minimum absolute atomic E-state index is 0.141. The Balaban J connectivity index is 2.09. The Morgan fingerprint density at radius 2 is 2.38 bits per heavy atom. The highest BCUT2D eigenvalue weighted by Gasteiger charge is 2.25. The van der Waals surface area contributed by atoms with Crippen LogP contribution in [0.25, 0.3) is 0 Å². The van der Waals surface area contributed by atoms with Gasteiger partial charge in [0, 0.05) is 0 Å². The lowest BCUT2D eigenvalue weighted by atomic mass is 9.97. The minimum atomic E-state index is -0.414. The van der Waals surface area contributed by atoms with Crippen LogP contribution in [0.1, 0.15) is 31.7 Å². The van der Waals surface area contributed by atoms with Crippen LogP contribution in [-0.2, 0) is 6.42 Å². The molecule has 2 unspecified atom stereocenters. The van der Waals surface area contributed by atoms with Crippen molar-refractivity contribution in [3.05, 3.63) is 29.6 Å². The molecule has 1 aliphatic heterocycles. The molecule has 2 atom stereocenters. The second-order valence-electron chi connectivity index (χ2n) is 4.30. The Morgan fingerprint density at radius 3 is 3.12 bits per heavy atom. The lowest BCUT2D eigenvalue weighted by molar-refractivity contribution is 0.0186. The Labute approximate surface area is 95.1 Å². The summed E-state index contributed by atoms with van der Waals surface area (Å²) in [5, 5.41) is 9.86. The van der Waals surface area contributed by atoms with Gasteiger partial charge in [-0.3, -0.25) is 0 Å². The van der Waals surface area contributed by atoms with Crippen molar-refractivity contribution in [3.8, 4) is 5.75 Å². The van der Waals surface area contributed by atoms with Crippen molar-refractivity contribution in [2.75, 3.05) is 0 Å². The van der Waals surface area contributed by atoms with E-state index in [1.165, 1.54) is 12.1 Å². The monoisotopic (exact) mass is 224 g/mol. The maximum absolute atomic E-state index is 13.0. The second kappa shape index (κ2) is 4.83. The molecule has 0 saturated carbocycles. The molecule has 16 heavy (non-hydrogen) atoms. The van der Waals surface area contributed by atoms with E-state index in [1.54, 1.807) is 6.07 Å². The van der Waals surface area contributed by atoms with Gasteiger partial charge in [-0.1, -0.05) is 13.3 Å². The summed E-state index contributed by atoms with van der Waals surface area (Å²) < 4.78 is 18.7. The van der Waals surface area contributed by atoms with Gasteiger partial charge in [-0.25, -0.2) is 4.39 Å². The lowest BCUT2D eigenvalue weighted by Crippen LogP contribution is -2.34. The van der Waals surface area contributed by atoms with Crippen LogP contribution in [0.15, 0.2) is 18.2 Å². The van der Waals surface area contributed by atoms with Gasteiger partial charge >= 0.3 is 0 Å². The van der Waals surface area contributed by atoms with E-state index < -0.39 is 6.10 Å². The predicted molar refractivity (Wildman–Crippen MR) is 60.1 cm³/mol. The van der Waals surface area contributed by atoms with E-state index in [4.69, 9.17) is 4.74 Å². The van der Waals surface area contributed by atoms with Gasteiger partial charge in [-0.15, -0.1) is 0 Å². The third kappa shape index (κ3) is 2.35. The third-order valence-corrected chi connectivity index (χ3v) is 3.01. The fourth-order valence-electron chi connectivity index (χ4n) is 2.13. The van der Waals surface area contributed by atoms with E-state index in [0.29, 0.717) is 5.75 Å². The van der Waals surface area contributed by atoms with Crippen LogP contribution >= 0.6 is 0 Å². The van der Waals surface area contributed by atoms with Crippen LogP contribution in [0.2, 0.25) is 0 Å². The number of fused-ring (bicyclic) bond motifs is 1. The molecular formula is C13H17FO2. The van der Waals surface area contributed by atoms with Crippen molar-refractivity contribution >= 4 is 0 Å². The first kappa shape index (κ1) is 11.4. The van der Waals surface area contributed by atoms with Crippen LogP contribution in [0.4, 0.5) is 4.39 Å². The van der Waals surface area contributed by atoms with Crippen molar-refractivity contribution in [2.45, 2.75) is 44.8 Å². The first-order valence-electron chi connectivity index (χ1n) is 5.84. The summed E-state index contributed by atoms with van der Waals surface area (Å²) >= 11 is 0. The molecule has 0 fully saturated rings. The highest BCUT2D eigenvalue weighted by atomic mass is 19.1. The molecule has 0 aromatic heterocycles. The number of ether oxygens (including phenoxy) is 1. The number of hydrogen-bond donors (Lipinski definition) is 1. The Bertz CT molecular complexity index is 365. The van der Waals surface area contributed by atoms with E-state index in [0.717, 1.165) is 31.2 Å². The molecule has 0 spiro atoms. The fourth-order valence-corrected chi connectivity index (χ4v) is 2.13. The standard InChI is InChI=1S/C13H17FO2/c1-2-3-11(15)13-6-4-9-8-10(14)5-7-12(9)16-13/h5,7-8,11,13,15H,2-4,6H2,1H3. The molecule has 1 aliphatic rings. The average molecular weight is 224 g/mol. The largest absolute Gasteiger partial charge is 0.487 e. The molecule has 1 aromatic carbocycles. The topological polar surface area (TPSA) is 29.5 Å². The molecular weight excluding hydrogens is 207 g/mol. The molecule has 1 N–H and O–H groups in total. The van der Waals surface area contributed by atoms with Crippen LogP contribution in [0.5, 0.6) is 5.75 Å². The molecule has 1 aromatic rings. The van der Waals surface area contributed by atoms with Gasteiger partial charge in [0.05, 0.1) is 6.10 Å². The predicted octanol–water partition coefficient (Wildman–Crippen LogP) is 2.68. The molecule has 2 rings (SSSR count). The highest BCUT2D eigenvalue weighted by Crippen LogP contribution is 2.29. The molecule has 1 heterocycles. The Hall–Kier alpha value is -1.09. The smallest absolute Gasteiger partial charge is 0.125 e. The average Bonchev–Trinajstić information content (AvgIpc) is 2.28. The third-order valence-electron chi connectivity index (χ3n) is 3.01.